The Morgan fingerprint density at radius 1 is 1.23 bits per heavy atom. The van der Waals surface area contributed by atoms with Crippen molar-refractivity contribution >= 4 is 17.4 Å². The van der Waals surface area contributed by atoms with Gasteiger partial charge in [0, 0.05) is 18.7 Å². The van der Waals surface area contributed by atoms with Gasteiger partial charge in [0.2, 0.25) is 0 Å². The number of nitrogens with zero attached hydrogens (tertiary/aromatic N) is 2. The fourth-order valence-corrected chi connectivity index (χ4v) is 3.80. The van der Waals surface area contributed by atoms with Crippen molar-refractivity contribution in [3.8, 4) is 5.69 Å². The van der Waals surface area contributed by atoms with Gasteiger partial charge in [-0.05, 0) is 50.3 Å². The zero-order chi connectivity index (χ0) is 18.3. The van der Waals surface area contributed by atoms with Gasteiger partial charge in [-0.2, -0.15) is 18.3 Å². The quantitative estimate of drug-likeness (QED) is 0.777. The fraction of sp³-hybridized carbons (Fsp3) is 0.500. The molecule has 1 unspecified atom stereocenters. The number of benzene rings is 1. The number of rotatable bonds is 2. The second-order valence-corrected chi connectivity index (χ2v) is 7.08. The predicted octanol–water partition coefficient (Wildman–Crippen LogP) is 5.14. The van der Waals surface area contributed by atoms with E-state index in [-0.39, 0.29) is 16.8 Å². The first-order chi connectivity index (χ1) is 12.4. The number of nitrogens with one attached hydrogen (secondary N) is 1. The van der Waals surface area contributed by atoms with Crippen LogP contribution in [-0.2, 0) is 17.3 Å². The average molecular weight is 386 g/mol. The maximum absolute atomic E-state index is 13.2. The number of hydrogen-bond donors (Lipinski definition) is 1. The van der Waals surface area contributed by atoms with Gasteiger partial charge in [-0.3, -0.25) is 0 Å². The summed E-state index contributed by atoms with van der Waals surface area (Å²) >= 11 is 6.25. The largest absolute Gasteiger partial charge is 0.416 e. The van der Waals surface area contributed by atoms with Crippen molar-refractivity contribution in [3.63, 3.8) is 0 Å². The van der Waals surface area contributed by atoms with Crippen LogP contribution >= 0.6 is 11.6 Å². The van der Waals surface area contributed by atoms with E-state index >= 15 is 0 Å². The summed E-state index contributed by atoms with van der Waals surface area (Å²) < 4.78 is 46.8. The minimum Gasteiger partial charge on any atom is -0.372 e. The van der Waals surface area contributed by atoms with Crippen LogP contribution in [-0.4, -0.2) is 22.9 Å². The van der Waals surface area contributed by atoms with Crippen LogP contribution in [0.5, 0.6) is 0 Å². The Hall–Kier alpha value is -1.73. The Morgan fingerprint density at radius 2 is 2.08 bits per heavy atom. The summed E-state index contributed by atoms with van der Waals surface area (Å²) in [6.45, 7) is 1.43. The Bertz CT molecular complexity index is 813. The van der Waals surface area contributed by atoms with Gasteiger partial charge < -0.3 is 10.1 Å². The molecule has 140 valence electrons. The lowest BCUT2D eigenvalue weighted by atomic mass is 10.0. The van der Waals surface area contributed by atoms with E-state index in [1.807, 2.05) is 0 Å². The van der Waals surface area contributed by atoms with Crippen molar-refractivity contribution < 1.29 is 17.9 Å². The van der Waals surface area contributed by atoms with Gasteiger partial charge in [0.25, 0.3) is 0 Å². The van der Waals surface area contributed by atoms with Crippen LogP contribution < -0.4 is 5.32 Å². The number of ether oxygens (including phenoxy) is 1. The molecule has 0 radical (unpaired) electrons. The van der Waals surface area contributed by atoms with E-state index in [4.69, 9.17) is 16.3 Å². The van der Waals surface area contributed by atoms with Crippen LogP contribution in [0.25, 0.3) is 5.69 Å². The number of anilines is 1. The van der Waals surface area contributed by atoms with Crippen molar-refractivity contribution in [2.75, 3.05) is 18.5 Å². The fourth-order valence-electron chi connectivity index (χ4n) is 3.61. The molecule has 0 aliphatic carbocycles. The van der Waals surface area contributed by atoms with Gasteiger partial charge in [-0.1, -0.05) is 11.6 Å². The summed E-state index contributed by atoms with van der Waals surface area (Å²) in [4.78, 5) is 0. The lowest BCUT2D eigenvalue weighted by Crippen LogP contribution is -2.10. The van der Waals surface area contributed by atoms with Crippen molar-refractivity contribution in [2.24, 2.45) is 0 Å². The summed E-state index contributed by atoms with van der Waals surface area (Å²) in [5.74, 6) is 0.731. The first-order valence-corrected chi connectivity index (χ1v) is 9.17. The monoisotopic (exact) mass is 385 g/mol. The van der Waals surface area contributed by atoms with Crippen LogP contribution in [0.2, 0.25) is 5.02 Å². The van der Waals surface area contributed by atoms with Crippen molar-refractivity contribution in [1.82, 2.24) is 9.78 Å². The summed E-state index contributed by atoms with van der Waals surface area (Å²) in [5, 5.41) is 8.20. The van der Waals surface area contributed by atoms with Gasteiger partial charge in [0.05, 0.1) is 22.0 Å². The Balaban J connectivity index is 1.86. The highest BCUT2D eigenvalue weighted by Gasteiger charge is 2.33. The Labute approximate surface area is 154 Å². The second-order valence-electron chi connectivity index (χ2n) is 6.67. The molecule has 3 heterocycles. The van der Waals surface area contributed by atoms with E-state index in [9.17, 15) is 13.2 Å². The zero-order valence-electron chi connectivity index (χ0n) is 14.1. The summed E-state index contributed by atoms with van der Waals surface area (Å²) in [6.07, 6.45) is 0.124. The van der Waals surface area contributed by atoms with Crippen molar-refractivity contribution in [3.05, 3.63) is 40.0 Å². The summed E-state index contributed by atoms with van der Waals surface area (Å²) in [6, 6.07) is 3.32. The molecule has 1 atom stereocenters. The molecule has 2 aliphatic rings. The van der Waals surface area contributed by atoms with E-state index in [0.717, 1.165) is 67.9 Å². The molecule has 1 saturated heterocycles. The van der Waals surface area contributed by atoms with Crippen LogP contribution in [0.15, 0.2) is 18.2 Å². The van der Waals surface area contributed by atoms with E-state index in [0.29, 0.717) is 6.61 Å². The Morgan fingerprint density at radius 3 is 2.81 bits per heavy atom. The number of aromatic nitrogens is 2. The molecule has 8 heteroatoms. The highest BCUT2D eigenvalue weighted by atomic mass is 35.5. The van der Waals surface area contributed by atoms with Crippen LogP contribution in [0.3, 0.4) is 0 Å². The zero-order valence-corrected chi connectivity index (χ0v) is 14.8. The Kier molecular flexibility index (Phi) is 4.61. The molecular weight excluding hydrogens is 367 g/mol. The topological polar surface area (TPSA) is 39.1 Å². The van der Waals surface area contributed by atoms with Crippen LogP contribution in [0.4, 0.5) is 19.0 Å². The molecule has 26 heavy (non-hydrogen) atoms. The molecule has 2 aliphatic heterocycles. The molecule has 4 nitrogen and oxygen atoms in total. The van der Waals surface area contributed by atoms with Crippen LogP contribution in [0.1, 0.15) is 48.6 Å². The average Bonchev–Trinajstić information content (AvgIpc) is 3.16. The molecule has 0 amide bonds. The molecule has 0 bridgehead atoms. The van der Waals surface area contributed by atoms with Crippen LogP contribution in [0, 0.1) is 0 Å². The van der Waals surface area contributed by atoms with Crippen molar-refractivity contribution in [1.29, 1.82) is 0 Å². The predicted molar refractivity (Wildman–Crippen MR) is 92.9 cm³/mol. The maximum atomic E-state index is 13.2. The lowest BCUT2D eigenvalue weighted by molar-refractivity contribution is -0.137. The highest BCUT2D eigenvalue weighted by molar-refractivity contribution is 6.32. The van der Waals surface area contributed by atoms with Gasteiger partial charge in [0.1, 0.15) is 11.9 Å². The van der Waals surface area contributed by atoms with E-state index in [1.54, 1.807) is 0 Å². The third kappa shape index (κ3) is 3.18. The van der Waals surface area contributed by atoms with E-state index < -0.39 is 11.7 Å². The van der Waals surface area contributed by atoms with E-state index in [1.165, 1.54) is 10.7 Å². The number of fused-ring (bicyclic) bond motifs is 1. The first-order valence-electron chi connectivity index (χ1n) is 8.79. The standard InChI is InChI=1S/C18H19ClF3N3O/c19-13-7-6-11(18(20,21)22)10-14(13)25-17-12(4-1-2-8-23-17)16(24-25)15-5-3-9-26-15/h6-7,10,15,23H,1-5,8-9H2. The number of hydrogen-bond acceptors (Lipinski definition) is 3. The van der Waals surface area contributed by atoms with Gasteiger partial charge in [0.15, 0.2) is 0 Å². The normalized spacial score (nSPS) is 20.5. The summed E-state index contributed by atoms with van der Waals surface area (Å²) in [7, 11) is 0. The first kappa shape index (κ1) is 17.7. The van der Waals surface area contributed by atoms with E-state index in [2.05, 4.69) is 10.4 Å². The molecule has 1 fully saturated rings. The van der Waals surface area contributed by atoms with Gasteiger partial charge in [-0.15, -0.1) is 0 Å². The number of halogens is 4. The smallest absolute Gasteiger partial charge is 0.372 e. The highest BCUT2D eigenvalue weighted by Crippen LogP contribution is 2.39. The third-order valence-corrected chi connectivity index (χ3v) is 5.22. The molecule has 1 aromatic carbocycles. The van der Waals surface area contributed by atoms with Gasteiger partial charge in [-0.25, -0.2) is 4.68 Å². The molecule has 1 aromatic heterocycles. The molecule has 0 saturated carbocycles. The second kappa shape index (κ2) is 6.78. The molecular formula is C18H19ClF3N3O. The van der Waals surface area contributed by atoms with Gasteiger partial charge >= 0.3 is 6.18 Å². The maximum Gasteiger partial charge on any atom is 0.416 e. The molecule has 0 spiro atoms. The minimum atomic E-state index is -4.44. The SMILES string of the molecule is FC(F)(F)c1ccc(Cl)c(-n2nc(C3CCCO3)c3c2NCCCC3)c1. The third-order valence-electron chi connectivity index (χ3n) is 4.90. The number of alkyl halides is 3. The minimum absolute atomic E-state index is 0.102. The van der Waals surface area contributed by atoms with Crippen molar-refractivity contribution in [2.45, 2.75) is 44.4 Å². The molecule has 2 aromatic rings. The summed E-state index contributed by atoms with van der Waals surface area (Å²) in [5.41, 5.74) is 1.34. The molecule has 4 rings (SSSR count). The lowest BCUT2D eigenvalue weighted by Gasteiger charge is -2.13. The molecule has 1 N–H and O–H groups in total.